The first-order chi connectivity index (χ1) is 19.6. The van der Waals surface area contributed by atoms with Crippen LogP contribution in [-0.2, 0) is 4.79 Å². The number of halogens is 1. The first-order valence-electron chi connectivity index (χ1n) is 12.8. The van der Waals surface area contributed by atoms with Crippen LogP contribution in [0.1, 0.15) is 12.8 Å². The van der Waals surface area contributed by atoms with E-state index in [2.05, 4.69) is 35.8 Å². The van der Waals surface area contributed by atoms with E-state index in [1.54, 1.807) is 0 Å². The van der Waals surface area contributed by atoms with Crippen molar-refractivity contribution in [1.82, 2.24) is 19.9 Å². The summed E-state index contributed by atoms with van der Waals surface area (Å²) in [6, 6.07) is 21.4. The van der Waals surface area contributed by atoms with Gasteiger partial charge in [0.1, 0.15) is 5.82 Å². The van der Waals surface area contributed by atoms with Crippen molar-refractivity contribution in [2.45, 2.75) is 17.2 Å². The third-order valence-corrected chi connectivity index (χ3v) is 8.28. The van der Waals surface area contributed by atoms with Crippen LogP contribution in [0.15, 0.2) is 77.1 Å². The van der Waals surface area contributed by atoms with E-state index in [0.717, 1.165) is 51.9 Å². The lowest BCUT2D eigenvalue weighted by Crippen LogP contribution is -2.21. The van der Waals surface area contributed by atoms with E-state index < -0.39 is 0 Å². The minimum Gasteiger partial charge on any atom is -0.341 e. The summed E-state index contributed by atoms with van der Waals surface area (Å²) < 4.78 is 14.8. The number of carbonyl (C=O) groups excluding carboxylic acids is 1. The maximum Gasteiger partial charge on any atom is 0.234 e. The molecule has 12 heteroatoms. The molecule has 5 aromatic rings. The molecule has 0 aliphatic carbocycles. The molecule has 0 unspecified atom stereocenters. The smallest absolute Gasteiger partial charge is 0.234 e. The zero-order valence-electron chi connectivity index (χ0n) is 21.3. The Hall–Kier alpha value is -4.29. The third kappa shape index (κ3) is 6.46. The van der Waals surface area contributed by atoms with E-state index in [0.29, 0.717) is 23.5 Å². The van der Waals surface area contributed by atoms with Crippen molar-refractivity contribution in [1.29, 1.82) is 0 Å². The molecule has 3 N–H and O–H groups in total. The summed E-state index contributed by atoms with van der Waals surface area (Å²) in [4.78, 5) is 33.1. The van der Waals surface area contributed by atoms with E-state index in [1.165, 1.54) is 47.4 Å². The Bertz CT molecular complexity index is 1630. The number of nitrogens with one attached hydrogen (secondary N) is 3. The monoisotopic (exact) mass is 572 g/mol. The molecule has 40 heavy (non-hydrogen) atoms. The van der Waals surface area contributed by atoms with Gasteiger partial charge in [-0.15, -0.1) is 11.3 Å². The lowest BCUT2D eigenvalue weighted by atomic mass is 10.3. The summed E-state index contributed by atoms with van der Waals surface area (Å²) in [5, 5.41) is 9.37. The van der Waals surface area contributed by atoms with Crippen LogP contribution in [0, 0.1) is 5.82 Å². The van der Waals surface area contributed by atoms with Crippen LogP contribution in [-0.4, -0.2) is 44.7 Å². The number of hydrogen-bond acceptors (Lipinski definition) is 10. The molecule has 3 heterocycles. The topological polar surface area (TPSA) is 108 Å². The molecule has 0 radical (unpaired) electrons. The minimum atomic E-state index is -0.345. The summed E-state index contributed by atoms with van der Waals surface area (Å²) in [5.41, 5.74) is 3.12. The molecule has 1 amide bonds. The van der Waals surface area contributed by atoms with Crippen LogP contribution >= 0.6 is 23.1 Å². The molecule has 0 saturated carbocycles. The highest BCUT2D eigenvalue weighted by molar-refractivity contribution is 8.01. The van der Waals surface area contributed by atoms with Crippen molar-refractivity contribution in [3.8, 4) is 0 Å². The summed E-state index contributed by atoms with van der Waals surface area (Å²) >= 11 is 2.87. The fraction of sp³-hybridized carbons (Fsp3) is 0.179. The minimum absolute atomic E-state index is 0.179. The number of amides is 1. The molecule has 1 aliphatic heterocycles. The molecule has 0 atom stereocenters. The average Bonchev–Trinajstić information content (AvgIpc) is 3.64. The number of nitrogens with zero attached hydrogens (tertiary/aromatic N) is 5. The summed E-state index contributed by atoms with van der Waals surface area (Å²) in [6.45, 7) is 1.84. The van der Waals surface area contributed by atoms with E-state index >= 15 is 0 Å². The number of para-hydroxylation sites is 1. The number of rotatable bonds is 9. The normalized spacial score (nSPS) is 13.0. The van der Waals surface area contributed by atoms with Gasteiger partial charge in [0.15, 0.2) is 4.34 Å². The van der Waals surface area contributed by atoms with Crippen molar-refractivity contribution in [3.05, 3.63) is 78.6 Å². The molecule has 2 aromatic heterocycles. The maximum absolute atomic E-state index is 13.1. The van der Waals surface area contributed by atoms with Gasteiger partial charge in [0.05, 0.1) is 16.0 Å². The predicted octanol–water partition coefficient (Wildman–Crippen LogP) is 6.44. The largest absolute Gasteiger partial charge is 0.341 e. The van der Waals surface area contributed by atoms with E-state index in [1.807, 2.05) is 48.5 Å². The number of aromatic nitrogens is 4. The quantitative estimate of drug-likeness (QED) is 0.172. The maximum atomic E-state index is 13.1. The van der Waals surface area contributed by atoms with Crippen LogP contribution < -0.4 is 20.9 Å². The number of benzene rings is 3. The molecule has 0 spiro atoms. The number of thiazole rings is 1. The Kier molecular flexibility index (Phi) is 7.69. The molecule has 6 rings (SSSR count). The lowest BCUT2D eigenvalue weighted by Gasteiger charge is -2.17. The van der Waals surface area contributed by atoms with Crippen molar-refractivity contribution in [2.24, 2.45) is 0 Å². The second kappa shape index (κ2) is 11.8. The first-order valence-corrected chi connectivity index (χ1v) is 14.6. The van der Waals surface area contributed by atoms with Gasteiger partial charge in [-0.1, -0.05) is 30.0 Å². The standard InChI is InChI=1S/C28H25FN8OS2/c29-18-8-10-20(11-9-18)30-24(38)17-39-28-33-22-13-12-21(16-23(22)40-28)32-26-34-25(31-19-6-2-1-3-7-19)35-27(36-26)37-14-4-5-15-37/h1-3,6-13,16H,4-5,14-15,17H2,(H,30,38)(H2,31,32,34,35,36). The summed E-state index contributed by atoms with van der Waals surface area (Å²) in [5.74, 6) is 1.24. The zero-order valence-corrected chi connectivity index (χ0v) is 22.9. The molecule has 1 fully saturated rings. The van der Waals surface area contributed by atoms with Crippen molar-refractivity contribution in [3.63, 3.8) is 0 Å². The Morgan fingerprint density at radius 1 is 0.850 bits per heavy atom. The SMILES string of the molecule is O=C(CSc1nc2ccc(Nc3nc(Nc4ccccc4)nc(N4CCCC4)n3)cc2s1)Nc1ccc(F)cc1. The van der Waals surface area contributed by atoms with Gasteiger partial charge in [-0.2, -0.15) is 15.0 Å². The molecule has 0 bridgehead atoms. The van der Waals surface area contributed by atoms with Gasteiger partial charge < -0.3 is 20.9 Å². The van der Waals surface area contributed by atoms with Gasteiger partial charge in [0.2, 0.25) is 23.8 Å². The van der Waals surface area contributed by atoms with Crippen LogP contribution in [0.4, 0.5) is 39.3 Å². The Morgan fingerprint density at radius 3 is 2.30 bits per heavy atom. The van der Waals surface area contributed by atoms with Crippen molar-refractivity contribution >= 4 is 74.1 Å². The third-order valence-electron chi connectivity index (χ3n) is 6.12. The zero-order chi connectivity index (χ0) is 27.3. The van der Waals surface area contributed by atoms with Crippen molar-refractivity contribution < 1.29 is 9.18 Å². The number of fused-ring (bicyclic) bond motifs is 1. The molecule has 1 aliphatic rings. The summed E-state index contributed by atoms with van der Waals surface area (Å²) in [6.07, 6.45) is 2.23. The Labute approximate surface area is 238 Å². The van der Waals surface area contributed by atoms with Crippen molar-refractivity contribution in [2.75, 3.05) is 39.7 Å². The lowest BCUT2D eigenvalue weighted by molar-refractivity contribution is -0.113. The molecular weight excluding hydrogens is 547 g/mol. The Balaban J connectivity index is 1.16. The molecule has 3 aromatic carbocycles. The van der Waals surface area contributed by atoms with E-state index in [-0.39, 0.29) is 17.5 Å². The van der Waals surface area contributed by atoms with Gasteiger partial charge in [-0.3, -0.25) is 4.79 Å². The van der Waals surface area contributed by atoms with Crippen LogP contribution in [0.5, 0.6) is 0 Å². The highest BCUT2D eigenvalue weighted by Gasteiger charge is 2.18. The number of thioether (sulfide) groups is 1. The van der Waals surface area contributed by atoms with Gasteiger partial charge in [-0.25, -0.2) is 9.37 Å². The number of hydrogen-bond donors (Lipinski definition) is 3. The van der Waals surface area contributed by atoms with Crippen LogP contribution in [0.25, 0.3) is 10.2 Å². The average molecular weight is 573 g/mol. The van der Waals surface area contributed by atoms with Gasteiger partial charge in [0, 0.05) is 30.2 Å². The number of anilines is 6. The molecule has 9 nitrogen and oxygen atoms in total. The fourth-order valence-corrected chi connectivity index (χ4v) is 6.12. The second-order valence-corrected chi connectivity index (χ2v) is 11.4. The first kappa shape index (κ1) is 26.0. The highest BCUT2D eigenvalue weighted by atomic mass is 32.2. The second-order valence-electron chi connectivity index (χ2n) is 9.10. The van der Waals surface area contributed by atoms with Crippen LogP contribution in [0.3, 0.4) is 0 Å². The highest BCUT2D eigenvalue weighted by Crippen LogP contribution is 2.32. The van der Waals surface area contributed by atoms with E-state index in [9.17, 15) is 9.18 Å². The molecular formula is C28H25FN8OS2. The predicted molar refractivity (Wildman–Crippen MR) is 160 cm³/mol. The van der Waals surface area contributed by atoms with Gasteiger partial charge in [-0.05, 0) is 67.4 Å². The molecule has 202 valence electrons. The number of carbonyl (C=O) groups is 1. The summed E-state index contributed by atoms with van der Waals surface area (Å²) in [7, 11) is 0. The van der Waals surface area contributed by atoms with Gasteiger partial charge >= 0.3 is 0 Å². The molecule has 1 saturated heterocycles. The Morgan fingerprint density at radius 2 is 1.55 bits per heavy atom. The van der Waals surface area contributed by atoms with E-state index in [4.69, 9.17) is 4.98 Å². The van der Waals surface area contributed by atoms with Crippen LogP contribution in [0.2, 0.25) is 0 Å². The fourth-order valence-electron chi connectivity index (χ4n) is 4.22. The van der Waals surface area contributed by atoms with Gasteiger partial charge in [0.25, 0.3) is 0 Å².